The molecule has 0 bridgehead atoms. The van der Waals surface area contributed by atoms with Crippen molar-refractivity contribution in [2.75, 3.05) is 19.6 Å². The van der Waals surface area contributed by atoms with Crippen molar-refractivity contribution in [3.05, 3.63) is 32.6 Å². The van der Waals surface area contributed by atoms with E-state index in [0.717, 1.165) is 17.4 Å². The molecule has 0 aliphatic carbocycles. The Balaban J connectivity index is 1.65. The summed E-state index contributed by atoms with van der Waals surface area (Å²) in [6, 6.07) is 1.21. The summed E-state index contributed by atoms with van der Waals surface area (Å²) in [7, 11) is 2.88. The lowest BCUT2D eigenvalue weighted by Crippen LogP contribution is -2.49. The van der Waals surface area contributed by atoms with Crippen molar-refractivity contribution in [3.63, 3.8) is 0 Å². The van der Waals surface area contributed by atoms with Gasteiger partial charge in [-0.3, -0.25) is 23.5 Å². The number of piperidine rings is 1. The van der Waals surface area contributed by atoms with Crippen molar-refractivity contribution in [1.82, 2.24) is 19.4 Å². The first-order valence-corrected chi connectivity index (χ1v) is 9.21. The van der Waals surface area contributed by atoms with Gasteiger partial charge in [0, 0.05) is 46.7 Å². The third-order valence-electron chi connectivity index (χ3n) is 5.62. The summed E-state index contributed by atoms with van der Waals surface area (Å²) in [5, 5.41) is 2.79. The van der Waals surface area contributed by atoms with Gasteiger partial charge in [0.2, 0.25) is 5.91 Å². The topological polar surface area (TPSA) is 103 Å². The van der Waals surface area contributed by atoms with Crippen LogP contribution >= 0.6 is 0 Å². The normalized spacial score (nSPS) is 21.4. The van der Waals surface area contributed by atoms with Crippen molar-refractivity contribution in [3.8, 4) is 0 Å². The van der Waals surface area contributed by atoms with E-state index < -0.39 is 11.2 Å². The van der Waals surface area contributed by atoms with Crippen molar-refractivity contribution < 1.29 is 14.3 Å². The number of nitrogens with zero attached hydrogens (tertiary/aromatic N) is 3. The van der Waals surface area contributed by atoms with Crippen LogP contribution < -0.4 is 16.6 Å². The largest absolute Gasteiger partial charge is 0.370 e. The van der Waals surface area contributed by atoms with E-state index in [1.807, 2.05) is 0 Å². The second kappa shape index (κ2) is 7.30. The van der Waals surface area contributed by atoms with Crippen LogP contribution in [0.2, 0.25) is 0 Å². The van der Waals surface area contributed by atoms with Gasteiger partial charge < -0.3 is 15.0 Å². The van der Waals surface area contributed by atoms with Crippen molar-refractivity contribution in [2.45, 2.75) is 44.3 Å². The fourth-order valence-electron chi connectivity index (χ4n) is 3.88. The van der Waals surface area contributed by atoms with E-state index in [9.17, 15) is 19.2 Å². The SMILES string of the molecule is CC(=O)NC[C@H]1CCC2(CCN(C(=O)c3cc(=O)n(C)c(=O)n3C)CC2)O1. The van der Waals surface area contributed by atoms with Crippen LogP contribution in [0.1, 0.15) is 43.1 Å². The number of aromatic nitrogens is 2. The number of ether oxygens (including phenoxy) is 1. The lowest BCUT2D eigenvalue weighted by molar-refractivity contribution is -0.120. The molecule has 9 nitrogen and oxygen atoms in total. The van der Waals surface area contributed by atoms with Gasteiger partial charge in [0.1, 0.15) is 5.69 Å². The third-order valence-corrected chi connectivity index (χ3v) is 5.62. The Morgan fingerprint density at radius 3 is 2.48 bits per heavy atom. The molecule has 3 heterocycles. The van der Waals surface area contributed by atoms with Gasteiger partial charge in [-0.05, 0) is 25.7 Å². The molecule has 2 aliphatic heterocycles. The number of hydrogen-bond donors (Lipinski definition) is 1. The Labute approximate surface area is 156 Å². The summed E-state index contributed by atoms with van der Waals surface area (Å²) in [6.45, 7) is 3.01. The number of carbonyl (C=O) groups is 2. The molecule has 1 aromatic heterocycles. The van der Waals surface area contributed by atoms with Gasteiger partial charge >= 0.3 is 5.69 Å². The van der Waals surface area contributed by atoms with Crippen LogP contribution in [0.5, 0.6) is 0 Å². The highest BCUT2D eigenvalue weighted by Gasteiger charge is 2.43. The lowest BCUT2D eigenvalue weighted by Gasteiger charge is -2.39. The van der Waals surface area contributed by atoms with Gasteiger partial charge in [0.25, 0.3) is 11.5 Å². The van der Waals surface area contributed by atoms with E-state index in [2.05, 4.69) is 5.32 Å². The first kappa shape index (κ1) is 19.3. The molecule has 2 fully saturated rings. The van der Waals surface area contributed by atoms with Gasteiger partial charge in [-0.1, -0.05) is 0 Å². The highest BCUT2D eigenvalue weighted by Crippen LogP contribution is 2.38. The molecule has 0 saturated carbocycles. The number of carbonyl (C=O) groups excluding carboxylic acids is 2. The van der Waals surface area contributed by atoms with Crippen LogP contribution in [0.25, 0.3) is 0 Å². The number of hydrogen-bond acceptors (Lipinski definition) is 5. The molecule has 0 unspecified atom stereocenters. The van der Waals surface area contributed by atoms with Gasteiger partial charge in [-0.15, -0.1) is 0 Å². The molecule has 148 valence electrons. The van der Waals surface area contributed by atoms with Crippen LogP contribution in [-0.2, 0) is 23.6 Å². The van der Waals surface area contributed by atoms with E-state index in [-0.39, 0.29) is 29.2 Å². The Hall–Kier alpha value is -2.42. The molecule has 1 aromatic rings. The summed E-state index contributed by atoms with van der Waals surface area (Å²) >= 11 is 0. The fraction of sp³-hybridized carbons (Fsp3) is 0.667. The van der Waals surface area contributed by atoms with Gasteiger partial charge in [0.05, 0.1) is 11.7 Å². The smallest absolute Gasteiger partial charge is 0.331 e. The predicted octanol–water partition coefficient (Wildman–Crippen LogP) is -0.626. The Bertz CT molecular complexity index is 863. The first-order chi connectivity index (χ1) is 12.7. The standard InChI is InChI=1S/C18H26N4O5/c1-12(23)19-11-13-4-5-18(27-13)6-8-22(9-7-18)16(25)14-10-15(24)21(3)17(26)20(14)2/h10,13H,4-9,11H2,1-3H3,(H,19,23)/t13-/m1/s1. The minimum atomic E-state index is -0.515. The van der Waals surface area contributed by atoms with Crippen molar-refractivity contribution in [2.24, 2.45) is 14.1 Å². The summed E-state index contributed by atoms with van der Waals surface area (Å²) in [4.78, 5) is 49.5. The molecule has 2 aliphatic rings. The maximum absolute atomic E-state index is 12.8. The quantitative estimate of drug-likeness (QED) is 0.755. The zero-order valence-corrected chi connectivity index (χ0v) is 16.0. The maximum atomic E-state index is 12.8. The summed E-state index contributed by atoms with van der Waals surface area (Å²) in [5.74, 6) is -0.380. The summed E-state index contributed by atoms with van der Waals surface area (Å²) in [6.07, 6.45) is 3.21. The number of amides is 2. The molecule has 0 aromatic carbocycles. The second-order valence-corrected chi connectivity index (χ2v) is 7.46. The average molecular weight is 378 g/mol. The van der Waals surface area contributed by atoms with Crippen LogP contribution in [0, 0.1) is 0 Å². The molecular weight excluding hydrogens is 352 g/mol. The molecule has 0 radical (unpaired) electrons. The minimum absolute atomic E-state index is 0.00844. The third kappa shape index (κ3) is 3.83. The second-order valence-electron chi connectivity index (χ2n) is 7.46. The zero-order chi connectivity index (χ0) is 19.8. The average Bonchev–Trinajstić information content (AvgIpc) is 3.04. The van der Waals surface area contributed by atoms with Gasteiger partial charge in [-0.25, -0.2) is 4.79 Å². The first-order valence-electron chi connectivity index (χ1n) is 9.21. The lowest BCUT2D eigenvalue weighted by atomic mass is 9.88. The maximum Gasteiger partial charge on any atom is 0.331 e. The van der Waals surface area contributed by atoms with Gasteiger partial charge in [0.15, 0.2) is 0 Å². The van der Waals surface area contributed by atoms with Crippen LogP contribution in [-0.4, -0.2) is 57.2 Å². The molecule has 27 heavy (non-hydrogen) atoms. The van der Waals surface area contributed by atoms with E-state index in [4.69, 9.17) is 4.74 Å². The van der Waals surface area contributed by atoms with Crippen molar-refractivity contribution >= 4 is 11.8 Å². The van der Waals surface area contributed by atoms with E-state index in [1.54, 1.807) is 4.90 Å². The van der Waals surface area contributed by atoms with E-state index in [1.165, 1.54) is 31.7 Å². The zero-order valence-electron chi connectivity index (χ0n) is 16.0. The van der Waals surface area contributed by atoms with Gasteiger partial charge in [-0.2, -0.15) is 0 Å². The summed E-state index contributed by atoms with van der Waals surface area (Å²) in [5.41, 5.74) is -1.15. The Kier molecular flexibility index (Phi) is 5.23. The molecule has 9 heteroatoms. The molecule has 2 amide bonds. The van der Waals surface area contributed by atoms with Crippen LogP contribution in [0.15, 0.2) is 15.7 Å². The molecule has 1 atom stereocenters. The summed E-state index contributed by atoms with van der Waals surface area (Å²) < 4.78 is 8.38. The Morgan fingerprint density at radius 2 is 1.85 bits per heavy atom. The fourth-order valence-corrected chi connectivity index (χ4v) is 3.88. The monoisotopic (exact) mass is 378 g/mol. The molecular formula is C18H26N4O5. The molecule has 2 saturated heterocycles. The number of nitrogens with one attached hydrogen (secondary N) is 1. The van der Waals surface area contributed by atoms with Crippen LogP contribution in [0.4, 0.5) is 0 Å². The van der Waals surface area contributed by atoms with E-state index >= 15 is 0 Å². The molecule has 1 spiro atoms. The van der Waals surface area contributed by atoms with E-state index in [0.29, 0.717) is 32.5 Å². The molecule has 1 N–H and O–H groups in total. The number of rotatable bonds is 3. The molecule has 3 rings (SSSR count). The number of likely N-dealkylation sites (tertiary alicyclic amines) is 1. The van der Waals surface area contributed by atoms with Crippen LogP contribution in [0.3, 0.4) is 0 Å². The minimum Gasteiger partial charge on any atom is -0.370 e. The Morgan fingerprint density at radius 1 is 1.19 bits per heavy atom. The highest BCUT2D eigenvalue weighted by molar-refractivity contribution is 5.92. The predicted molar refractivity (Wildman–Crippen MR) is 97.6 cm³/mol. The highest BCUT2D eigenvalue weighted by atomic mass is 16.5. The van der Waals surface area contributed by atoms with Crippen molar-refractivity contribution in [1.29, 1.82) is 0 Å².